The summed E-state index contributed by atoms with van der Waals surface area (Å²) < 4.78 is 1.39. The van der Waals surface area contributed by atoms with Crippen LogP contribution in [0, 0.1) is 5.41 Å². The van der Waals surface area contributed by atoms with Gasteiger partial charge in [-0.2, -0.15) is 0 Å². The van der Waals surface area contributed by atoms with Crippen molar-refractivity contribution >= 4 is 22.9 Å². The first-order valence-electron chi connectivity index (χ1n) is 6.45. The van der Waals surface area contributed by atoms with E-state index in [1.165, 1.54) is 17.7 Å². The highest BCUT2D eigenvalue weighted by Crippen LogP contribution is 2.22. The van der Waals surface area contributed by atoms with Crippen molar-refractivity contribution < 1.29 is 14.7 Å². The van der Waals surface area contributed by atoms with Crippen molar-refractivity contribution in [2.24, 2.45) is 5.41 Å². The molecule has 0 aliphatic heterocycles. The zero-order chi connectivity index (χ0) is 15.8. The summed E-state index contributed by atoms with van der Waals surface area (Å²) in [5.74, 6) is -1.31. The molecule has 0 fully saturated rings. The second-order valence-corrected chi connectivity index (χ2v) is 5.48. The van der Waals surface area contributed by atoms with E-state index in [2.05, 4.69) is 10.3 Å². The molecule has 1 aromatic heterocycles. The highest BCUT2D eigenvalue weighted by atomic mass is 16.4. The Morgan fingerprint density at radius 2 is 2.05 bits per heavy atom. The maximum Gasteiger partial charge on any atom is 0.337 e. The first kappa shape index (κ1) is 14.8. The van der Waals surface area contributed by atoms with Gasteiger partial charge in [-0.1, -0.05) is 6.07 Å². The number of H-pyrrole nitrogens is 1. The lowest BCUT2D eigenvalue weighted by molar-refractivity contribution is -0.129. The molecule has 0 radical (unpaired) electrons. The number of aromatic carboxylic acids is 1. The van der Waals surface area contributed by atoms with Crippen LogP contribution in [0.15, 0.2) is 23.0 Å². The van der Waals surface area contributed by atoms with Crippen LogP contribution in [0.1, 0.15) is 24.2 Å². The summed E-state index contributed by atoms with van der Waals surface area (Å²) in [6, 6.07) is 4.65. The van der Waals surface area contributed by atoms with Crippen molar-refractivity contribution in [2.45, 2.75) is 20.4 Å². The summed E-state index contributed by atoms with van der Waals surface area (Å²) in [6.45, 7) is 3.59. The fourth-order valence-electron chi connectivity index (χ4n) is 2.32. The minimum absolute atomic E-state index is 0.0288. The highest BCUT2D eigenvalue weighted by molar-refractivity contribution is 6.00. The Bertz CT molecular complexity index is 770. The van der Waals surface area contributed by atoms with Crippen LogP contribution in [-0.4, -0.2) is 33.6 Å². The third-order valence-electron chi connectivity index (χ3n) is 3.44. The Morgan fingerprint density at radius 1 is 1.38 bits per heavy atom. The fourth-order valence-corrected chi connectivity index (χ4v) is 2.32. The largest absolute Gasteiger partial charge is 0.478 e. The first-order chi connectivity index (χ1) is 9.77. The second-order valence-electron chi connectivity index (χ2n) is 5.48. The van der Waals surface area contributed by atoms with E-state index in [0.29, 0.717) is 5.52 Å². The third-order valence-corrected chi connectivity index (χ3v) is 3.44. The molecular formula is C14H17N3O4. The van der Waals surface area contributed by atoms with Crippen molar-refractivity contribution in [1.29, 1.82) is 0 Å². The summed E-state index contributed by atoms with van der Waals surface area (Å²) >= 11 is 0. The van der Waals surface area contributed by atoms with E-state index >= 15 is 0 Å². The summed E-state index contributed by atoms with van der Waals surface area (Å²) in [4.78, 5) is 37.7. The van der Waals surface area contributed by atoms with E-state index in [1.54, 1.807) is 26.0 Å². The molecule has 0 unspecified atom stereocenters. The van der Waals surface area contributed by atoms with Gasteiger partial charge in [0.05, 0.1) is 22.0 Å². The molecule has 21 heavy (non-hydrogen) atoms. The molecule has 0 saturated carbocycles. The molecule has 0 bridgehead atoms. The molecule has 0 spiro atoms. The van der Waals surface area contributed by atoms with Gasteiger partial charge in [0.25, 0.3) is 0 Å². The van der Waals surface area contributed by atoms with Gasteiger partial charge in [-0.05, 0) is 26.0 Å². The van der Waals surface area contributed by atoms with Gasteiger partial charge >= 0.3 is 11.7 Å². The second kappa shape index (κ2) is 5.08. The summed E-state index contributed by atoms with van der Waals surface area (Å²) in [6.07, 6.45) is 0. The number of para-hydroxylation sites is 1. The lowest BCUT2D eigenvalue weighted by Crippen LogP contribution is -2.39. The molecule has 112 valence electrons. The monoisotopic (exact) mass is 291 g/mol. The molecule has 7 heteroatoms. The van der Waals surface area contributed by atoms with E-state index in [0.717, 1.165) is 0 Å². The van der Waals surface area contributed by atoms with E-state index in [1.807, 2.05) is 0 Å². The number of aromatic nitrogens is 2. The molecule has 0 aliphatic rings. The quantitative estimate of drug-likeness (QED) is 0.775. The van der Waals surface area contributed by atoms with Gasteiger partial charge < -0.3 is 15.4 Å². The number of nitrogens with one attached hydrogen (secondary N) is 2. The van der Waals surface area contributed by atoms with Crippen molar-refractivity contribution in [2.75, 3.05) is 7.05 Å². The predicted octanol–water partition coefficient (Wildman–Crippen LogP) is 0.800. The first-order valence-corrected chi connectivity index (χ1v) is 6.45. The number of carboxylic acids is 1. The Labute approximate surface area is 120 Å². The van der Waals surface area contributed by atoms with Crippen LogP contribution in [0.4, 0.5) is 0 Å². The number of nitrogens with zero attached hydrogens (tertiary/aromatic N) is 1. The maximum absolute atomic E-state index is 12.1. The molecular weight excluding hydrogens is 274 g/mol. The molecule has 2 rings (SSSR count). The van der Waals surface area contributed by atoms with Gasteiger partial charge in [-0.15, -0.1) is 0 Å². The normalized spacial score (nSPS) is 11.6. The summed E-state index contributed by atoms with van der Waals surface area (Å²) in [5, 5.41) is 11.7. The number of amides is 1. The van der Waals surface area contributed by atoms with Crippen LogP contribution in [0.5, 0.6) is 0 Å². The fraction of sp³-hybridized carbons (Fsp3) is 0.357. The minimum atomic E-state index is -1.11. The number of carbonyl (C=O) groups excluding carboxylic acids is 1. The van der Waals surface area contributed by atoms with Crippen LogP contribution in [-0.2, 0) is 11.3 Å². The Morgan fingerprint density at radius 3 is 2.62 bits per heavy atom. The van der Waals surface area contributed by atoms with Gasteiger partial charge in [-0.3, -0.25) is 9.36 Å². The Balaban J connectivity index is 2.59. The highest BCUT2D eigenvalue weighted by Gasteiger charge is 2.29. The number of carbonyl (C=O) groups is 2. The minimum Gasteiger partial charge on any atom is -0.478 e. The van der Waals surface area contributed by atoms with E-state index < -0.39 is 17.1 Å². The van der Waals surface area contributed by atoms with Gasteiger partial charge in [-0.25, -0.2) is 9.59 Å². The van der Waals surface area contributed by atoms with E-state index in [-0.39, 0.29) is 23.5 Å². The molecule has 2 aromatic rings. The van der Waals surface area contributed by atoms with Crippen LogP contribution < -0.4 is 11.0 Å². The standard InChI is InChI=1S/C14H17N3O4/c1-14(2,12(20)15-3)7-17-9-6-4-5-8(11(18)19)10(9)16-13(17)21/h4-6H,7H2,1-3H3,(H,15,20)(H,16,21)(H,18,19). The molecule has 3 N–H and O–H groups in total. The molecule has 0 atom stereocenters. The SMILES string of the molecule is CNC(=O)C(C)(C)Cn1c(=O)[nH]c2c(C(=O)O)cccc21. The maximum atomic E-state index is 12.1. The number of hydrogen-bond donors (Lipinski definition) is 3. The predicted molar refractivity (Wildman–Crippen MR) is 77.4 cm³/mol. The lowest BCUT2D eigenvalue weighted by atomic mass is 9.92. The molecule has 0 aliphatic carbocycles. The van der Waals surface area contributed by atoms with Crippen molar-refractivity contribution in [3.8, 4) is 0 Å². The molecule has 1 amide bonds. The Hall–Kier alpha value is -2.57. The zero-order valence-electron chi connectivity index (χ0n) is 12.1. The van der Waals surface area contributed by atoms with Crippen LogP contribution in [0.2, 0.25) is 0 Å². The van der Waals surface area contributed by atoms with Crippen molar-refractivity contribution in [1.82, 2.24) is 14.9 Å². The summed E-state index contributed by atoms with van der Waals surface area (Å²) in [7, 11) is 1.53. The average molecular weight is 291 g/mol. The molecule has 1 heterocycles. The van der Waals surface area contributed by atoms with E-state index in [9.17, 15) is 14.4 Å². The van der Waals surface area contributed by atoms with Gasteiger partial charge in [0.1, 0.15) is 0 Å². The lowest BCUT2D eigenvalue weighted by Gasteiger charge is -2.22. The van der Waals surface area contributed by atoms with E-state index in [4.69, 9.17) is 5.11 Å². The number of fused-ring (bicyclic) bond motifs is 1. The van der Waals surface area contributed by atoms with Crippen molar-refractivity contribution in [3.05, 3.63) is 34.2 Å². The number of imidazole rings is 1. The topological polar surface area (TPSA) is 104 Å². The van der Waals surface area contributed by atoms with Gasteiger partial charge in [0, 0.05) is 13.6 Å². The number of carboxylic acid groups (broad SMARTS) is 1. The summed E-state index contributed by atoms with van der Waals surface area (Å²) in [5.41, 5.74) is -0.469. The number of rotatable bonds is 4. The Kier molecular flexibility index (Phi) is 3.59. The molecule has 1 aromatic carbocycles. The van der Waals surface area contributed by atoms with Gasteiger partial charge in [0.2, 0.25) is 5.91 Å². The zero-order valence-corrected chi connectivity index (χ0v) is 12.1. The number of hydrogen-bond acceptors (Lipinski definition) is 3. The van der Waals surface area contributed by atoms with Crippen molar-refractivity contribution in [3.63, 3.8) is 0 Å². The van der Waals surface area contributed by atoms with Crippen LogP contribution >= 0.6 is 0 Å². The number of aromatic amines is 1. The molecule has 0 saturated heterocycles. The van der Waals surface area contributed by atoms with Crippen LogP contribution in [0.25, 0.3) is 11.0 Å². The number of benzene rings is 1. The molecule has 7 nitrogen and oxygen atoms in total. The third kappa shape index (κ3) is 2.54. The van der Waals surface area contributed by atoms with Gasteiger partial charge in [0.15, 0.2) is 0 Å². The average Bonchev–Trinajstić information content (AvgIpc) is 2.73. The smallest absolute Gasteiger partial charge is 0.337 e. The van der Waals surface area contributed by atoms with Crippen LogP contribution in [0.3, 0.4) is 0 Å².